The molecule has 18 heavy (non-hydrogen) atoms. The fourth-order valence-electron chi connectivity index (χ4n) is 2.05. The van der Waals surface area contributed by atoms with Gasteiger partial charge in [-0.1, -0.05) is 6.92 Å². The Kier molecular flexibility index (Phi) is 5.55. The van der Waals surface area contributed by atoms with E-state index in [9.17, 15) is 13.2 Å². The number of rotatable bonds is 6. The topological polar surface area (TPSA) is 77.9 Å². The van der Waals surface area contributed by atoms with Gasteiger partial charge in [-0.2, -0.15) is 0 Å². The lowest BCUT2D eigenvalue weighted by molar-refractivity contribution is -0.136. The first-order chi connectivity index (χ1) is 8.36. The van der Waals surface area contributed by atoms with Crippen LogP contribution in [0.5, 0.6) is 0 Å². The fourth-order valence-corrected chi connectivity index (χ4v) is 3.66. The first-order valence-electron chi connectivity index (χ1n) is 6.22. The van der Waals surface area contributed by atoms with Gasteiger partial charge in [-0.25, -0.2) is 8.42 Å². The summed E-state index contributed by atoms with van der Waals surface area (Å²) in [6.07, 6.45) is 0.125. The van der Waals surface area contributed by atoms with Crippen molar-refractivity contribution in [2.75, 3.05) is 45.5 Å². The van der Waals surface area contributed by atoms with E-state index in [4.69, 9.17) is 5.11 Å². The molecule has 106 valence electrons. The number of hydrogen-bond acceptors (Lipinski definition) is 5. The molecule has 1 fully saturated rings. The van der Waals surface area contributed by atoms with Crippen LogP contribution < -0.4 is 0 Å². The maximum absolute atomic E-state index is 11.9. The van der Waals surface area contributed by atoms with Gasteiger partial charge >= 0.3 is 5.97 Å². The van der Waals surface area contributed by atoms with Crippen molar-refractivity contribution in [2.45, 2.75) is 18.6 Å². The Labute approximate surface area is 108 Å². The van der Waals surface area contributed by atoms with E-state index in [1.54, 1.807) is 6.92 Å². The molecule has 0 aromatic heterocycles. The third kappa shape index (κ3) is 4.22. The summed E-state index contributed by atoms with van der Waals surface area (Å²) in [6.45, 7) is 5.56. The van der Waals surface area contributed by atoms with Gasteiger partial charge in [-0.15, -0.1) is 0 Å². The molecule has 6 nitrogen and oxygen atoms in total. The Hall–Kier alpha value is -0.660. The summed E-state index contributed by atoms with van der Waals surface area (Å²) in [7, 11) is -1.51. The van der Waals surface area contributed by atoms with Gasteiger partial charge in [-0.05, 0) is 13.5 Å². The van der Waals surface area contributed by atoms with Crippen molar-refractivity contribution in [3.8, 4) is 0 Å². The fraction of sp³-hybridized carbons (Fsp3) is 0.909. The Bertz CT molecular complexity index is 375. The molecule has 1 rings (SSSR count). The smallest absolute Gasteiger partial charge is 0.321 e. The molecule has 1 aliphatic heterocycles. The average molecular weight is 278 g/mol. The number of aliphatic carboxylic acids is 1. The Morgan fingerprint density at radius 2 is 1.83 bits per heavy atom. The van der Waals surface area contributed by atoms with Crippen LogP contribution in [0.4, 0.5) is 0 Å². The molecule has 0 bridgehead atoms. The summed E-state index contributed by atoms with van der Waals surface area (Å²) >= 11 is 0. The van der Waals surface area contributed by atoms with Gasteiger partial charge in [-0.3, -0.25) is 9.69 Å². The van der Waals surface area contributed by atoms with Crippen LogP contribution in [0, 0.1) is 0 Å². The van der Waals surface area contributed by atoms with E-state index in [2.05, 4.69) is 9.80 Å². The number of sulfone groups is 1. The van der Waals surface area contributed by atoms with Crippen molar-refractivity contribution in [1.29, 1.82) is 0 Å². The molecule has 0 aromatic rings. The van der Waals surface area contributed by atoms with Crippen LogP contribution in [0.3, 0.4) is 0 Å². The van der Waals surface area contributed by atoms with E-state index in [1.165, 1.54) is 0 Å². The second-order valence-corrected chi connectivity index (χ2v) is 7.05. The molecule has 1 atom stereocenters. The van der Waals surface area contributed by atoms with E-state index in [-0.39, 0.29) is 12.2 Å². The van der Waals surface area contributed by atoms with Crippen molar-refractivity contribution in [1.82, 2.24) is 9.80 Å². The van der Waals surface area contributed by atoms with Crippen LogP contribution in [0.1, 0.15) is 13.3 Å². The molecule has 1 heterocycles. The summed E-state index contributed by atoms with van der Waals surface area (Å²) in [4.78, 5) is 15.1. The molecular formula is C11H22N2O4S. The van der Waals surface area contributed by atoms with Gasteiger partial charge < -0.3 is 10.0 Å². The van der Waals surface area contributed by atoms with E-state index in [0.717, 1.165) is 26.2 Å². The maximum Gasteiger partial charge on any atom is 0.321 e. The molecule has 0 aromatic carbocycles. The molecule has 1 saturated heterocycles. The van der Waals surface area contributed by atoms with Crippen molar-refractivity contribution in [2.24, 2.45) is 0 Å². The molecule has 1 N–H and O–H groups in total. The van der Waals surface area contributed by atoms with Crippen LogP contribution in [0.15, 0.2) is 0 Å². The summed E-state index contributed by atoms with van der Waals surface area (Å²) < 4.78 is 23.8. The first-order valence-corrected chi connectivity index (χ1v) is 7.93. The third-order valence-corrected chi connectivity index (χ3v) is 5.52. The summed E-state index contributed by atoms with van der Waals surface area (Å²) in [5.41, 5.74) is 0. The zero-order valence-electron chi connectivity index (χ0n) is 11.0. The zero-order valence-corrected chi connectivity index (χ0v) is 11.8. The minimum absolute atomic E-state index is 0.0679. The van der Waals surface area contributed by atoms with Crippen molar-refractivity contribution >= 4 is 15.8 Å². The summed E-state index contributed by atoms with van der Waals surface area (Å²) in [5.74, 6) is -1.31. The molecular weight excluding hydrogens is 256 g/mol. The van der Waals surface area contributed by atoms with E-state index >= 15 is 0 Å². The number of likely N-dealkylation sites (N-methyl/N-ethyl adjacent to an activating group) is 1. The molecule has 0 radical (unpaired) electrons. The van der Waals surface area contributed by atoms with Crippen LogP contribution in [-0.4, -0.2) is 80.1 Å². The minimum Gasteiger partial charge on any atom is -0.480 e. The largest absolute Gasteiger partial charge is 0.480 e. The van der Waals surface area contributed by atoms with Crippen LogP contribution in [0.25, 0.3) is 0 Å². The Morgan fingerprint density at radius 3 is 2.28 bits per heavy atom. The molecule has 0 amide bonds. The summed E-state index contributed by atoms with van der Waals surface area (Å²) in [6, 6.07) is 0. The van der Waals surface area contributed by atoms with E-state index < -0.39 is 21.1 Å². The zero-order chi connectivity index (χ0) is 13.8. The lowest BCUT2D eigenvalue weighted by Crippen LogP contribution is -2.46. The normalized spacial score (nSPS) is 20.8. The highest BCUT2D eigenvalue weighted by Gasteiger charge is 2.31. The Morgan fingerprint density at radius 1 is 1.28 bits per heavy atom. The molecule has 7 heteroatoms. The van der Waals surface area contributed by atoms with Gasteiger partial charge in [0, 0.05) is 32.7 Å². The van der Waals surface area contributed by atoms with Crippen LogP contribution in [0.2, 0.25) is 0 Å². The molecule has 1 unspecified atom stereocenters. The second-order valence-electron chi connectivity index (χ2n) is 4.75. The Balaban J connectivity index is 2.49. The molecule has 1 aliphatic rings. The quantitative estimate of drug-likeness (QED) is 0.706. The predicted octanol–water partition coefficient (Wildman–Crippen LogP) is -0.488. The highest BCUT2D eigenvalue weighted by Crippen LogP contribution is 2.09. The number of carboxylic acids is 1. The second kappa shape index (κ2) is 6.49. The van der Waals surface area contributed by atoms with Gasteiger partial charge in [0.1, 0.15) is 0 Å². The predicted molar refractivity (Wildman–Crippen MR) is 69.4 cm³/mol. The standard InChI is InChI=1S/C11H22N2O4S/c1-3-10(11(14)15)18(16,17)9-8-13-6-4-12(2)5-7-13/h10H,3-9H2,1-2H3,(H,14,15). The van der Waals surface area contributed by atoms with Gasteiger partial charge in [0.15, 0.2) is 15.1 Å². The highest BCUT2D eigenvalue weighted by molar-refractivity contribution is 7.92. The monoisotopic (exact) mass is 278 g/mol. The van der Waals surface area contributed by atoms with Crippen molar-refractivity contribution < 1.29 is 18.3 Å². The van der Waals surface area contributed by atoms with Crippen molar-refractivity contribution in [3.05, 3.63) is 0 Å². The average Bonchev–Trinajstić information content (AvgIpc) is 2.28. The first kappa shape index (κ1) is 15.4. The van der Waals surface area contributed by atoms with Crippen molar-refractivity contribution in [3.63, 3.8) is 0 Å². The van der Waals surface area contributed by atoms with Gasteiger partial charge in [0.2, 0.25) is 0 Å². The maximum atomic E-state index is 11.9. The number of nitrogens with zero attached hydrogens (tertiary/aromatic N) is 2. The minimum atomic E-state index is -3.54. The lowest BCUT2D eigenvalue weighted by atomic mass is 10.3. The molecule has 0 aliphatic carbocycles. The molecule has 0 saturated carbocycles. The molecule has 0 spiro atoms. The third-order valence-electron chi connectivity index (χ3n) is 3.37. The van der Waals surface area contributed by atoms with E-state index in [0.29, 0.717) is 6.54 Å². The number of hydrogen-bond donors (Lipinski definition) is 1. The highest BCUT2D eigenvalue weighted by atomic mass is 32.2. The number of piperazine rings is 1. The van der Waals surface area contributed by atoms with Gasteiger partial charge in [0.25, 0.3) is 0 Å². The SMILES string of the molecule is CCC(C(=O)O)S(=O)(=O)CCN1CCN(C)CC1. The lowest BCUT2D eigenvalue weighted by Gasteiger charge is -2.32. The number of carbonyl (C=O) groups is 1. The van der Waals surface area contributed by atoms with Gasteiger partial charge in [0.05, 0.1) is 5.75 Å². The van der Waals surface area contributed by atoms with Crippen LogP contribution >= 0.6 is 0 Å². The van der Waals surface area contributed by atoms with E-state index in [1.807, 2.05) is 7.05 Å². The summed E-state index contributed by atoms with van der Waals surface area (Å²) in [5, 5.41) is 7.62. The number of carboxylic acid groups (broad SMARTS) is 1. The van der Waals surface area contributed by atoms with Crippen LogP contribution in [-0.2, 0) is 14.6 Å².